The number of furan rings is 1. The van der Waals surface area contributed by atoms with E-state index in [0.717, 1.165) is 5.69 Å². The van der Waals surface area contributed by atoms with Crippen LogP contribution >= 0.6 is 0 Å². The first kappa shape index (κ1) is 12.3. The summed E-state index contributed by atoms with van der Waals surface area (Å²) in [6.07, 6.45) is 1.62. The predicted molar refractivity (Wildman–Crippen MR) is 62.6 cm³/mol. The Morgan fingerprint density at radius 3 is 3.00 bits per heavy atom. The SMILES string of the molecule is COC(=O)c1ccc(CNCc2cccnn2)o1. The molecule has 2 heterocycles. The van der Waals surface area contributed by atoms with Crippen molar-refractivity contribution in [2.75, 3.05) is 7.11 Å². The number of hydrogen-bond acceptors (Lipinski definition) is 6. The number of nitrogens with zero attached hydrogens (tertiary/aromatic N) is 2. The summed E-state index contributed by atoms with van der Waals surface area (Å²) in [5, 5.41) is 10.9. The number of carbonyl (C=O) groups is 1. The maximum atomic E-state index is 11.2. The average Bonchev–Trinajstić information content (AvgIpc) is 2.88. The van der Waals surface area contributed by atoms with E-state index in [1.54, 1.807) is 18.3 Å². The molecule has 0 fully saturated rings. The van der Waals surface area contributed by atoms with Crippen molar-refractivity contribution in [3.8, 4) is 0 Å². The van der Waals surface area contributed by atoms with Crippen LogP contribution in [0.4, 0.5) is 0 Å². The molecule has 0 aromatic carbocycles. The third-order valence-corrected chi connectivity index (χ3v) is 2.28. The molecule has 0 amide bonds. The second-order valence-corrected chi connectivity index (χ2v) is 3.58. The van der Waals surface area contributed by atoms with Crippen LogP contribution in [-0.4, -0.2) is 23.3 Å². The lowest BCUT2D eigenvalue weighted by atomic mass is 10.3. The van der Waals surface area contributed by atoms with E-state index in [1.165, 1.54) is 7.11 Å². The minimum absolute atomic E-state index is 0.203. The molecule has 0 aliphatic rings. The van der Waals surface area contributed by atoms with Crippen molar-refractivity contribution in [2.45, 2.75) is 13.1 Å². The predicted octanol–water partition coefficient (Wildman–Crippen LogP) is 1.15. The van der Waals surface area contributed by atoms with Gasteiger partial charge in [0.1, 0.15) is 5.76 Å². The molecule has 2 aromatic rings. The molecule has 0 unspecified atom stereocenters. The van der Waals surface area contributed by atoms with Gasteiger partial charge in [0, 0.05) is 12.7 Å². The molecule has 6 nitrogen and oxygen atoms in total. The number of methoxy groups -OCH3 is 1. The fourth-order valence-corrected chi connectivity index (χ4v) is 1.42. The standard InChI is InChI=1S/C12H13N3O3/c1-17-12(16)11-5-4-10(18-11)8-13-7-9-3-2-6-14-15-9/h2-6,13H,7-8H2,1H3. The first-order valence-electron chi connectivity index (χ1n) is 5.44. The molecule has 0 aliphatic carbocycles. The van der Waals surface area contributed by atoms with Crippen molar-refractivity contribution < 1.29 is 13.9 Å². The highest BCUT2D eigenvalue weighted by atomic mass is 16.5. The Morgan fingerprint density at radius 1 is 1.39 bits per heavy atom. The van der Waals surface area contributed by atoms with Crippen molar-refractivity contribution in [1.29, 1.82) is 0 Å². The third kappa shape index (κ3) is 3.14. The van der Waals surface area contributed by atoms with E-state index in [0.29, 0.717) is 18.8 Å². The van der Waals surface area contributed by atoms with Gasteiger partial charge >= 0.3 is 5.97 Å². The Bertz CT molecular complexity index is 510. The van der Waals surface area contributed by atoms with Gasteiger partial charge in [0.25, 0.3) is 0 Å². The van der Waals surface area contributed by atoms with E-state index in [9.17, 15) is 4.79 Å². The Kier molecular flexibility index (Phi) is 4.03. The smallest absolute Gasteiger partial charge is 0.373 e. The lowest BCUT2D eigenvalue weighted by molar-refractivity contribution is 0.0563. The van der Waals surface area contributed by atoms with Gasteiger partial charge in [-0.25, -0.2) is 4.79 Å². The van der Waals surface area contributed by atoms with Crippen molar-refractivity contribution in [3.63, 3.8) is 0 Å². The third-order valence-electron chi connectivity index (χ3n) is 2.28. The molecule has 0 bridgehead atoms. The molecule has 18 heavy (non-hydrogen) atoms. The average molecular weight is 247 g/mol. The second kappa shape index (κ2) is 5.92. The van der Waals surface area contributed by atoms with Gasteiger partial charge in [0.05, 0.1) is 19.3 Å². The Labute approximate surface area is 104 Å². The molecule has 0 saturated carbocycles. The number of hydrogen-bond donors (Lipinski definition) is 1. The van der Waals surface area contributed by atoms with Gasteiger partial charge < -0.3 is 14.5 Å². The first-order valence-corrected chi connectivity index (χ1v) is 5.44. The van der Waals surface area contributed by atoms with Crippen LogP contribution in [0.1, 0.15) is 22.0 Å². The number of aromatic nitrogens is 2. The Hall–Kier alpha value is -2.21. The van der Waals surface area contributed by atoms with Crippen LogP contribution in [-0.2, 0) is 17.8 Å². The molecule has 0 saturated heterocycles. The van der Waals surface area contributed by atoms with Crippen LogP contribution in [0.15, 0.2) is 34.9 Å². The van der Waals surface area contributed by atoms with Gasteiger partial charge in [0.15, 0.2) is 0 Å². The maximum absolute atomic E-state index is 11.2. The highest BCUT2D eigenvalue weighted by molar-refractivity contribution is 5.86. The van der Waals surface area contributed by atoms with E-state index < -0.39 is 5.97 Å². The lowest BCUT2D eigenvalue weighted by Gasteiger charge is -2.01. The summed E-state index contributed by atoms with van der Waals surface area (Å²) in [5.41, 5.74) is 0.845. The van der Waals surface area contributed by atoms with E-state index in [4.69, 9.17) is 4.42 Å². The molecule has 0 atom stereocenters. The molecular weight excluding hydrogens is 234 g/mol. The largest absolute Gasteiger partial charge is 0.463 e. The van der Waals surface area contributed by atoms with Crippen molar-refractivity contribution in [3.05, 3.63) is 47.7 Å². The van der Waals surface area contributed by atoms with Crippen LogP contribution in [0.25, 0.3) is 0 Å². The van der Waals surface area contributed by atoms with Gasteiger partial charge in [-0.3, -0.25) is 0 Å². The van der Waals surface area contributed by atoms with Gasteiger partial charge in [-0.15, -0.1) is 0 Å². The fourth-order valence-electron chi connectivity index (χ4n) is 1.42. The molecule has 0 radical (unpaired) electrons. The normalized spacial score (nSPS) is 10.3. The summed E-state index contributed by atoms with van der Waals surface area (Å²) in [6.45, 7) is 1.09. The highest BCUT2D eigenvalue weighted by Crippen LogP contribution is 2.08. The number of rotatable bonds is 5. The van der Waals surface area contributed by atoms with Gasteiger partial charge in [-0.05, 0) is 24.3 Å². The number of nitrogens with one attached hydrogen (secondary N) is 1. The number of ether oxygens (including phenoxy) is 1. The molecule has 0 spiro atoms. The van der Waals surface area contributed by atoms with Gasteiger partial charge in [-0.1, -0.05) is 0 Å². The molecular formula is C12H13N3O3. The zero-order valence-electron chi connectivity index (χ0n) is 9.92. The maximum Gasteiger partial charge on any atom is 0.373 e. The second-order valence-electron chi connectivity index (χ2n) is 3.58. The number of carbonyl (C=O) groups excluding carboxylic acids is 1. The monoisotopic (exact) mass is 247 g/mol. The summed E-state index contributed by atoms with van der Waals surface area (Å²) in [7, 11) is 1.32. The van der Waals surface area contributed by atoms with Crippen LogP contribution in [0.5, 0.6) is 0 Å². The van der Waals surface area contributed by atoms with Crippen molar-refractivity contribution in [1.82, 2.24) is 15.5 Å². The van der Waals surface area contributed by atoms with Crippen LogP contribution in [0.3, 0.4) is 0 Å². The Balaban J connectivity index is 1.84. The van der Waals surface area contributed by atoms with Crippen LogP contribution in [0, 0.1) is 0 Å². The molecule has 0 aliphatic heterocycles. The summed E-state index contributed by atoms with van der Waals surface area (Å²) < 4.78 is 9.85. The quantitative estimate of drug-likeness (QED) is 0.798. The van der Waals surface area contributed by atoms with Crippen molar-refractivity contribution in [2.24, 2.45) is 0 Å². The lowest BCUT2D eigenvalue weighted by Crippen LogP contribution is -2.13. The van der Waals surface area contributed by atoms with E-state index in [-0.39, 0.29) is 5.76 Å². The molecule has 2 rings (SSSR count). The topological polar surface area (TPSA) is 77.2 Å². The summed E-state index contributed by atoms with van der Waals surface area (Å²) in [4.78, 5) is 11.2. The van der Waals surface area contributed by atoms with E-state index in [2.05, 4.69) is 20.3 Å². The zero-order chi connectivity index (χ0) is 12.8. The first-order chi connectivity index (χ1) is 8.79. The highest BCUT2D eigenvalue weighted by Gasteiger charge is 2.10. The molecule has 2 aromatic heterocycles. The summed E-state index contributed by atoms with van der Waals surface area (Å²) in [6, 6.07) is 7.02. The van der Waals surface area contributed by atoms with Gasteiger partial charge in [0.2, 0.25) is 5.76 Å². The van der Waals surface area contributed by atoms with Gasteiger partial charge in [-0.2, -0.15) is 10.2 Å². The molecule has 94 valence electrons. The summed E-state index contributed by atoms with van der Waals surface area (Å²) >= 11 is 0. The minimum Gasteiger partial charge on any atom is -0.463 e. The van der Waals surface area contributed by atoms with Crippen LogP contribution in [0.2, 0.25) is 0 Å². The zero-order valence-corrected chi connectivity index (χ0v) is 9.92. The molecule has 1 N–H and O–H groups in total. The number of esters is 1. The Morgan fingerprint density at radius 2 is 2.28 bits per heavy atom. The summed E-state index contributed by atoms with van der Waals surface area (Å²) in [5.74, 6) is 0.392. The fraction of sp³-hybridized carbons (Fsp3) is 0.250. The van der Waals surface area contributed by atoms with E-state index >= 15 is 0 Å². The van der Waals surface area contributed by atoms with Crippen LogP contribution < -0.4 is 5.32 Å². The van der Waals surface area contributed by atoms with E-state index in [1.807, 2.05) is 12.1 Å². The molecule has 6 heteroatoms. The van der Waals surface area contributed by atoms with Crippen molar-refractivity contribution >= 4 is 5.97 Å². The minimum atomic E-state index is -0.477.